The van der Waals surface area contributed by atoms with Crippen LogP contribution in [0.5, 0.6) is 0 Å². The van der Waals surface area contributed by atoms with Gasteiger partial charge in [0.05, 0.1) is 0 Å². The number of carbonyl (C=O) groups is 2. The average Bonchev–Trinajstić information content (AvgIpc) is 2.67. The Morgan fingerprint density at radius 3 is 1.39 bits per heavy atom. The number of benzene rings is 3. The Bertz CT molecular complexity index is 989. The highest BCUT2D eigenvalue weighted by Crippen LogP contribution is 2.17. The Morgan fingerprint density at radius 2 is 1.00 bits per heavy atom. The van der Waals surface area contributed by atoms with Gasteiger partial charge in [0.1, 0.15) is 0 Å². The summed E-state index contributed by atoms with van der Waals surface area (Å²) in [7, 11) is 0. The molecule has 2 amide bonds. The van der Waals surface area contributed by atoms with E-state index in [1.807, 2.05) is 0 Å². The molecule has 0 aromatic heterocycles. The smallest absolute Gasteiger partial charge is 0.255 e. The summed E-state index contributed by atoms with van der Waals surface area (Å²) in [5, 5.41) is 4.77. The number of amides is 2. The van der Waals surface area contributed by atoms with Crippen LogP contribution < -0.4 is 10.6 Å². The van der Waals surface area contributed by atoms with E-state index in [0.29, 0.717) is 0 Å². The Labute approximate surface area is 156 Å². The summed E-state index contributed by atoms with van der Waals surface area (Å²) in [6, 6.07) is 11.3. The summed E-state index contributed by atoms with van der Waals surface area (Å²) in [4.78, 5) is 24.6. The van der Waals surface area contributed by atoms with Gasteiger partial charge in [-0.3, -0.25) is 9.59 Å². The first-order valence-electron chi connectivity index (χ1n) is 7.96. The summed E-state index contributed by atoms with van der Waals surface area (Å²) in [6.07, 6.45) is 0. The molecule has 8 heteroatoms. The third-order valence-electron chi connectivity index (χ3n) is 3.74. The molecule has 0 saturated heterocycles. The van der Waals surface area contributed by atoms with Crippen molar-refractivity contribution in [2.45, 2.75) is 0 Å². The van der Waals surface area contributed by atoms with Gasteiger partial charge in [0, 0.05) is 34.6 Å². The molecule has 142 valence electrons. The van der Waals surface area contributed by atoms with Crippen LogP contribution in [0.2, 0.25) is 0 Å². The third kappa shape index (κ3) is 4.35. The van der Waals surface area contributed by atoms with Crippen LogP contribution in [0, 0.1) is 23.3 Å². The van der Waals surface area contributed by atoms with E-state index in [9.17, 15) is 27.2 Å². The first-order chi connectivity index (χ1) is 13.3. The standard InChI is InChI=1S/C20H12F4N2O2/c21-15-6-4-13(9-17(15)23)25-19(27)11-2-1-3-12(8-11)20(28)26-14-5-7-16(22)18(24)10-14/h1-10H,(H,25,27)(H,26,28). The van der Waals surface area contributed by atoms with Gasteiger partial charge in [-0.15, -0.1) is 0 Å². The fourth-order valence-electron chi connectivity index (χ4n) is 2.36. The number of rotatable bonds is 4. The maximum atomic E-state index is 13.2. The van der Waals surface area contributed by atoms with Crippen LogP contribution in [0.3, 0.4) is 0 Å². The van der Waals surface area contributed by atoms with E-state index in [1.165, 1.54) is 36.4 Å². The molecule has 0 heterocycles. The molecule has 0 aliphatic rings. The predicted molar refractivity (Wildman–Crippen MR) is 95.1 cm³/mol. The molecular weight excluding hydrogens is 376 g/mol. The molecule has 0 atom stereocenters. The largest absolute Gasteiger partial charge is 0.322 e. The van der Waals surface area contributed by atoms with E-state index >= 15 is 0 Å². The molecule has 0 spiro atoms. The average molecular weight is 388 g/mol. The SMILES string of the molecule is O=C(Nc1ccc(F)c(F)c1)c1cccc(C(=O)Nc2ccc(F)c(F)c2)c1. The molecular formula is C20H12F4N2O2. The van der Waals surface area contributed by atoms with Crippen molar-refractivity contribution in [1.29, 1.82) is 0 Å². The number of halogens is 4. The summed E-state index contributed by atoms with van der Waals surface area (Å²) in [5.41, 5.74) is 0.256. The molecule has 0 radical (unpaired) electrons. The summed E-state index contributed by atoms with van der Waals surface area (Å²) >= 11 is 0. The van der Waals surface area contributed by atoms with Crippen LogP contribution in [0.1, 0.15) is 20.7 Å². The lowest BCUT2D eigenvalue weighted by molar-refractivity contribution is 0.102. The van der Waals surface area contributed by atoms with Gasteiger partial charge in [0.25, 0.3) is 11.8 Å². The zero-order valence-corrected chi connectivity index (χ0v) is 14.1. The number of hydrogen-bond acceptors (Lipinski definition) is 2. The lowest BCUT2D eigenvalue weighted by Crippen LogP contribution is -2.16. The summed E-state index contributed by atoms with van der Waals surface area (Å²) < 4.78 is 52.4. The molecule has 0 saturated carbocycles. The Hall–Kier alpha value is -3.68. The van der Waals surface area contributed by atoms with Crippen LogP contribution in [0.15, 0.2) is 60.7 Å². The molecule has 0 unspecified atom stereocenters. The minimum absolute atomic E-state index is 0.0422. The van der Waals surface area contributed by atoms with Crippen molar-refractivity contribution in [3.63, 3.8) is 0 Å². The van der Waals surface area contributed by atoms with E-state index in [0.717, 1.165) is 24.3 Å². The molecule has 0 fully saturated rings. The van der Waals surface area contributed by atoms with Crippen molar-refractivity contribution < 1.29 is 27.2 Å². The molecule has 0 aliphatic carbocycles. The first kappa shape index (κ1) is 19.1. The fraction of sp³-hybridized carbons (Fsp3) is 0. The predicted octanol–water partition coefficient (Wildman–Crippen LogP) is 4.75. The quantitative estimate of drug-likeness (QED) is 0.634. The zero-order valence-electron chi connectivity index (χ0n) is 14.1. The second-order valence-electron chi connectivity index (χ2n) is 5.75. The first-order valence-corrected chi connectivity index (χ1v) is 7.96. The lowest BCUT2D eigenvalue weighted by Gasteiger charge is -2.09. The van der Waals surface area contributed by atoms with Crippen LogP contribution in [-0.2, 0) is 0 Å². The minimum Gasteiger partial charge on any atom is -0.322 e. The molecule has 28 heavy (non-hydrogen) atoms. The molecule has 3 aromatic carbocycles. The second-order valence-corrected chi connectivity index (χ2v) is 5.75. The van der Waals surface area contributed by atoms with Gasteiger partial charge < -0.3 is 10.6 Å². The fourth-order valence-corrected chi connectivity index (χ4v) is 2.36. The van der Waals surface area contributed by atoms with Crippen LogP contribution in [0.25, 0.3) is 0 Å². The van der Waals surface area contributed by atoms with Crippen molar-refractivity contribution >= 4 is 23.2 Å². The van der Waals surface area contributed by atoms with E-state index < -0.39 is 35.1 Å². The highest BCUT2D eigenvalue weighted by Gasteiger charge is 2.13. The van der Waals surface area contributed by atoms with E-state index in [4.69, 9.17) is 0 Å². The number of hydrogen-bond donors (Lipinski definition) is 2. The van der Waals surface area contributed by atoms with Crippen molar-refractivity contribution in [2.75, 3.05) is 10.6 Å². The number of nitrogens with one attached hydrogen (secondary N) is 2. The Morgan fingerprint density at radius 1 is 0.571 bits per heavy atom. The van der Waals surface area contributed by atoms with Crippen LogP contribution >= 0.6 is 0 Å². The van der Waals surface area contributed by atoms with Crippen molar-refractivity contribution in [3.8, 4) is 0 Å². The zero-order chi connectivity index (χ0) is 20.3. The Kier molecular flexibility index (Phi) is 5.39. The van der Waals surface area contributed by atoms with Gasteiger partial charge in [-0.2, -0.15) is 0 Å². The van der Waals surface area contributed by atoms with Crippen LogP contribution in [0.4, 0.5) is 28.9 Å². The highest BCUT2D eigenvalue weighted by molar-refractivity contribution is 6.08. The number of anilines is 2. The van der Waals surface area contributed by atoms with Gasteiger partial charge >= 0.3 is 0 Å². The van der Waals surface area contributed by atoms with Gasteiger partial charge in [-0.25, -0.2) is 17.6 Å². The maximum absolute atomic E-state index is 13.2. The molecule has 0 aliphatic heterocycles. The van der Waals surface area contributed by atoms with E-state index in [2.05, 4.69) is 10.6 Å². The lowest BCUT2D eigenvalue weighted by atomic mass is 10.1. The molecule has 3 rings (SSSR count). The molecule has 3 aromatic rings. The van der Waals surface area contributed by atoms with Gasteiger partial charge in [0.15, 0.2) is 23.3 Å². The topological polar surface area (TPSA) is 58.2 Å². The highest BCUT2D eigenvalue weighted by atomic mass is 19.2. The van der Waals surface area contributed by atoms with Gasteiger partial charge in [0.2, 0.25) is 0 Å². The maximum Gasteiger partial charge on any atom is 0.255 e. The van der Waals surface area contributed by atoms with Crippen molar-refractivity contribution in [1.82, 2.24) is 0 Å². The van der Waals surface area contributed by atoms with Crippen LogP contribution in [-0.4, -0.2) is 11.8 Å². The van der Waals surface area contributed by atoms with E-state index in [1.54, 1.807) is 0 Å². The second kappa shape index (κ2) is 7.91. The van der Waals surface area contributed by atoms with Gasteiger partial charge in [-0.1, -0.05) is 6.07 Å². The number of carbonyl (C=O) groups excluding carboxylic acids is 2. The minimum atomic E-state index is -1.11. The third-order valence-corrected chi connectivity index (χ3v) is 3.74. The summed E-state index contributed by atoms with van der Waals surface area (Å²) in [6.45, 7) is 0. The van der Waals surface area contributed by atoms with Gasteiger partial charge in [-0.05, 0) is 42.5 Å². The van der Waals surface area contributed by atoms with Crippen molar-refractivity contribution in [3.05, 3.63) is 95.1 Å². The summed E-state index contributed by atoms with van der Waals surface area (Å²) in [5.74, 6) is -5.61. The van der Waals surface area contributed by atoms with Crippen molar-refractivity contribution in [2.24, 2.45) is 0 Å². The molecule has 0 bridgehead atoms. The molecule has 4 nitrogen and oxygen atoms in total. The monoisotopic (exact) mass is 388 g/mol. The normalized spacial score (nSPS) is 10.4. The van der Waals surface area contributed by atoms with E-state index in [-0.39, 0.29) is 22.5 Å². The Balaban J connectivity index is 1.75. The molecule has 2 N–H and O–H groups in total.